The highest BCUT2D eigenvalue weighted by Crippen LogP contribution is 2.24. The van der Waals surface area contributed by atoms with Crippen molar-refractivity contribution in [2.24, 2.45) is 13.0 Å². The molecule has 100 valence electrons. The van der Waals surface area contributed by atoms with Crippen molar-refractivity contribution < 1.29 is 4.79 Å². The van der Waals surface area contributed by atoms with Crippen LogP contribution in [0, 0.1) is 5.92 Å². The molecule has 1 saturated heterocycles. The lowest BCUT2D eigenvalue weighted by atomic mass is 10.00. The quantitative estimate of drug-likeness (QED) is 0.799. The average molecular weight is 314 g/mol. The van der Waals surface area contributed by atoms with Crippen LogP contribution >= 0.6 is 15.9 Å². The van der Waals surface area contributed by atoms with Gasteiger partial charge in [-0.05, 0) is 41.7 Å². The molecule has 5 heteroatoms. The van der Waals surface area contributed by atoms with Crippen LogP contribution in [0.5, 0.6) is 0 Å². The molecule has 1 unspecified atom stereocenters. The molecule has 1 fully saturated rings. The third kappa shape index (κ3) is 2.83. The summed E-state index contributed by atoms with van der Waals surface area (Å²) in [5.74, 6) is 0.205. The highest BCUT2D eigenvalue weighted by molar-refractivity contribution is 9.10. The summed E-state index contributed by atoms with van der Waals surface area (Å²) < 4.78 is 3.08. The van der Waals surface area contributed by atoms with Gasteiger partial charge in [-0.3, -0.25) is 9.58 Å². The third-order valence-corrected chi connectivity index (χ3v) is 4.53. The highest BCUT2D eigenvalue weighted by atomic mass is 79.9. The third-order valence-electron chi connectivity index (χ3n) is 3.61. The summed E-state index contributed by atoms with van der Waals surface area (Å²) in [5, 5.41) is 4.51. The summed E-state index contributed by atoms with van der Waals surface area (Å²) in [6.45, 7) is 4.93. The molecule has 0 N–H and O–H groups in total. The van der Waals surface area contributed by atoms with Gasteiger partial charge in [0.2, 0.25) is 0 Å². The number of nitrogens with zero attached hydrogens (tertiary/aromatic N) is 3. The topological polar surface area (TPSA) is 38.1 Å². The number of likely N-dealkylation sites (tertiary alicyclic amines) is 1. The molecule has 2 heterocycles. The Balaban J connectivity index is 2.09. The fourth-order valence-electron chi connectivity index (χ4n) is 2.55. The minimum atomic E-state index is 0.205. The number of hydrogen-bond donors (Lipinski definition) is 0. The molecule has 0 spiro atoms. The number of rotatable bonds is 4. The number of piperidine rings is 1. The van der Waals surface area contributed by atoms with Crippen molar-refractivity contribution >= 4 is 22.2 Å². The summed E-state index contributed by atoms with van der Waals surface area (Å²) in [4.78, 5) is 13.2. The zero-order chi connectivity index (χ0) is 13.1. The van der Waals surface area contributed by atoms with Crippen molar-refractivity contribution in [2.75, 3.05) is 13.1 Å². The highest BCUT2D eigenvalue weighted by Gasteiger charge is 2.22. The SMILES string of the molecule is CCc1nn(C)c(CN2CCCC(C=O)C2)c1Br. The van der Waals surface area contributed by atoms with Gasteiger partial charge in [0.15, 0.2) is 0 Å². The molecule has 1 aromatic heterocycles. The number of aromatic nitrogens is 2. The Morgan fingerprint density at radius 3 is 2.94 bits per heavy atom. The molecule has 1 atom stereocenters. The molecule has 0 radical (unpaired) electrons. The minimum Gasteiger partial charge on any atom is -0.303 e. The molecule has 0 aromatic carbocycles. The van der Waals surface area contributed by atoms with Crippen LogP contribution in [0.25, 0.3) is 0 Å². The van der Waals surface area contributed by atoms with Crippen molar-refractivity contribution in [2.45, 2.75) is 32.7 Å². The molecule has 0 amide bonds. The monoisotopic (exact) mass is 313 g/mol. The van der Waals surface area contributed by atoms with Gasteiger partial charge in [0.25, 0.3) is 0 Å². The van der Waals surface area contributed by atoms with Gasteiger partial charge >= 0.3 is 0 Å². The Morgan fingerprint density at radius 2 is 2.33 bits per heavy atom. The first-order chi connectivity index (χ1) is 8.65. The lowest BCUT2D eigenvalue weighted by molar-refractivity contribution is -0.112. The van der Waals surface area contributed by atoms with E-state index in [4.69, 9.17) is 0 Å². The van der Waals surface area contributed by atoms with Crippen molar-refractivity contribution in [1.29, 1.82) is 0 Å². The maximum Gasteiger partial charge on any atom is 0.124 e. The molecular formula is C13H20BrN3O. The van der Waals surface area contributed by atoms with Crippen LogP contribution in [-0.4, -0.2) is 34.1 Å². The van der Waals surface area contributed by atoms with E-state index < -0.39 is 0 Å². The second kappa shape index (κ2) is 5.97. The summed E-state index contributed by atoms with van der Waals surface area (Å²) in [6.07, 6.45) is 4.18. The number of carbonyl (C=O) groups excluding carboxylic acids is 1. The normalized spacial score (nSPS) is 21.2. The van der Waals surface area contributed by atoms with Crippen molar-refractivity contribution in [3.63, 3.8) is 0 Å². The van der Waals surface area contributed by atoms with E-state index >= 15 is 0 Å². The molecule has 1 aromatic rings. The summed E-state index contributed by atoms with van der Waals surface area (Å²) in [7, 11) is 1.99. The second-order valence-corrected chi connectivity index (χ2v) is 5.75. The zero-order valence-corrected chi connectivity index (χ0v) is 12.6. The molecule has 0 saturated carbocycles. The standard InChI is InChI=1S/C13H20BrN3O/c1-3-11-13(14)12(16(2)15-11)8-17-6-4-5-10(7-17)9-18/h9-10H,3-8H2,1-2H3. The summed E-state index contributed by atoms with van der Waals surface area (Å²) in [5.41, 5.74) is 2.31. The maximum absolute atomic E-state index is 10.9. The Morgan fingerprint density at radius 1 is 1.56 bits per heavy atom. The van der Waals surface area contributed by atoms with Crippen LogP contribution < -0.4 is 0 Å². The van der Waals surface area contributed by atoms with Gasteiger partial charge in [-0.15, -0.1) is 0 Å². The molecule has 1 aliphatic rings. The van der Waals surface area contributed by atoms with Crippen LogP contribution in [0.4, 0.5) is 0 Å². The van der Waals surface area contributed by atoms with Crippen LogP contribution in [0.15, 0.2) is 4.47 Å². The van der Waals surface area contributed by atoms with Crippen LogP contribution in [0.3, 0.4) is 0 Å². The van der Waals surface area contributed by atoms with Gasteiger partial charge in [0.05, 0.1) is 15.9 Å². The van der Waals surface area contributed by atoms with E-state index in [0.717, 1.165) is 55.3 Å². The van der Waals surface area contributed by atoms with E-state index in [-0.39, 0.29) is 5.92 Å². The lowest BCUT2D eigenvalue weighted by Gasteiger charge is -2.30. The molecule has 1 aliphatic heterocycles. The van der Waals surface area contributed by atoms with E-state index in [1.54, 1.807) is 0 Å². The van der Waals surface area contributed by atoms with Gasteiger partial charge in [-0.2, -0.15) is 5.10 Å². The van der Waals surface area contributed by atoms with Gasteiger partial charge in [0, 0.05) is 26.1 Å². The van der Waals surface area contributed by atoms with E-state index in [1.807, 2.05) is 11.7 Å². The van der Waals surface area contributed by atoms with Gasteiger partial charge in [-0.1, -0.05) is 6.92 Å². The number of halogens is 1. The number of aryl methyl sites for hydroxylation is 2. The van der Waals surface area contributed by atoms with Crippen LogP contribution in [0.2, 0.25) is 0 Å². The lowest BCUT2D eigenvalue weighted by Crippen LogP contribution is -2.36. The second-order valence-electron chi connectivity index (χ2n) is 4.96. The smallest absolute Gasteiger partial charge is 0.124 e. The average Bonchev–Trinajstić information content (AvgIpc) is 2.66. The van der Waals surface area contributed by atoms with E-state index in [0.29, 0.717) is 0 Å². The Hall–Kier alpha value is -0.680. The first kappa shape index (κ1) is 13.7. The molecule has 0 aliphatic carbocycles. The Kier molecular flexibility index (Phi) is 4.56. The summed E-state index contributed by atoms with van der Waals surface area (Å²) >= 11 is 3.64. The van der Waals surface area contributed by atoms with Crippen LogP contribution in [-0.2, 0) is 24.8 Å². The van der Waals surface area contributed by atoms with E-state index in [1.165, 1.54) is 5.69 Å². The van der Waals surface area contributed by atoms with E-state index in [2.05, 4.69) is 32.9 Å². The van der Waals surface area contributed by atoms with Crippen molar-refractivity contribution in [1.82, 2.24) is 14.7 Å². The van der Waals surface area contributed by atoms with Crippen molar-refractivity contribution in [3.8, 4) is 0 Å². The maximum atomic E-state index is 10.9. The van der Waals surface area contributed by atoms with Crippen molar-refractivity contribution in [3.05, 3.63) is 15.9 Å². The van der Waals surface area contributed by atoms with Gasteiger partial charge in [0.1, 0.15) is 6.29 Å². The van der Waals surface area contributed by atoms with Gasteiger partial charge in [-0.25, -0.2) is 0 Å². The molecule has 4 nitrogen and oxygen atoms in total. The largest absolute Gasteiger partial charge is 0.303 e. The fraction of sp³-hybridized carbons (Fsp3) is 0.692. The number of hydrogen-bond acceptors (Lipinski definition) is 3. The summed E-state index contributed by atoms with van der Waals surface area (Å²) in [6, 6.07) is 0. The Labute approximate surface area is 116 Å². The van der Waals surface area contributed by atoms with Crippen LogP contribution in [0.1, 0.15) is 31.2 Å². The number of carbonyl (C=O) groups is 1. The molecular weight excluding hydrogens is 294 g/mol. The minimum absolute atomic E-state index is 0.205. The zero-order valence-electron chi connectivity index (χ0n) is 11.0. The molecule has 18 heavy (non-hydrogen) atoms. The van der Waals surface area contributed by atoms with E-state index in [9.17, 15) is 4.79 Å². The van der Waals surface area contributed by atoms with Gasteiger partial charge < -0.3 is 4.79 Å². The Bertz CT molecular complexity index is 430. The fourth-order valence-corrected chi connectivity index (χ4v) is 3.29. The first-order valence-electron chi connectivity index (χ1n) is 6.53. The first-order valence-corrected chi connectivity index (χ1v) is 7.32. The number of aldehydes is 1. The predicted molar refractivity (Wildman–Crippen MR) is 74.4 cm³/mol. The molecule has 0 bridgehead atoms. The predicted octanol–water partition coefficient (Wildman–Crippen LogP) is 2.16. The molecule has 2 rings (SSSR count).